The number of hydrogen-bond acceptors (Lipinski definition) is 4. The van der Waals surface area contributed by atoms with Gasteiger partial charge in [-0.05, 0) is 37.6 Å². The first-order valence-electron chi connectivity index (χ1n) is 7.29. The predicted molar refractivity (Wildman–Crippen MR) is 78.6 cm³/mol. The first-order valence-corrected chi connectivity index (χ1v) is 7.29. The summed E-state index contributed by atoms with van der Waals surface area (Å²) in [4.78, 5) is 7.14. The first kappa shape index (κ1) is 14.3. The van der Waals surface area contributed by atoms with Crippen LogP contribution in [0.15, 0.2) is 12.1 Å². The van der Waals surface area contributed by atoms with Crippen molar-refractivity contribution >= 4 is 5.82 Å². The molecule has 4 heteroatoms. The SMILES string of the molecule is CCNCc1cc(CC)nc(N2CCOCC2C)c1. The van der Waals surface area contributed by atoms with Crippen molar-refractivity contribution in [3.8, 4) is 0 Å². The average Bonchev–Trinajstić information content (AvgIpc) is 2.45. The number of aromatic nitrogens is 1. The molecule has 106 valence electrons. The fourth-order valence-electron chi connectivity index (χ4n) is 2.40. The van der Waals surface area contributed by atoms with Gasteiger partial charge in [-0.15, -0.1) is 0 Å². The summed E-state index contributed by atoms with van der Waals surface area (Å²) in [6.45, 7) is 10.9. The van der Waals surface area contributed by atoms with Gasteiger partial charge in [0.2, 0.25) is 0 Å². The van der Waals surface area contributed by atoms with Crippen molar-refractivity contribution in [2.45, 2.75) is 39.8 Å². The van der Waals surface area contributed by atoms with E-state index in [1.807, 2.05) is 0 Å². The van der Waals surface area contributed by atoms with Crippen LogP contribution in [0.4, 0.5) is 5.82 Å². The Labute approximate surface area is 116 Å². The number of aryl methyl sites for hydroxylation is 1. The van der Waals surface area contributed by atoms with Crippen LogP contribution in [-0.4, -0.2) is 37.3 Å². The highest BCUT2D eigenvalue weighted by atomic mass is 16.5. The van der Waals surface area contributed by atoms with E-state index < -0.39 is 0 Å². The molecule has 1 N–H and O–H groups in total. The molecule has 1 aromatic heterocycles. The zero-order valence-electron chi connectivity index (χ0n) is 12.3. The van der Waals surface area contributed by atoms with Crippen molar-refractivity contribution in [3.63, 3.8) is 0 Å². The molecule has 1 aromatic rings. The standard InChI is InChI=1S/C15H25N3O/c1-4-14-8-13(10-16-5-2)9-15(17-14)18-6-7-19-11-12(18)3/h8-9,12,16H,4-7,10-11H2,1-3H3. The number of nitrogens with zero attached hydrogens (tertiary/aromatic N) is 2. The van der Waals surface area contributed by atoms with Crippen molar-refractivity contribution in [1.29, 1.82) is 0 Å². The highest BCUT2D eigenvalue weighted by Gasteiger charge is 2.20. The number of rotatable bonds is 5. The van der Waals surface area contributed by atoms with Gasteiger partial charge < -0.3 is 15.0 Å². The predicted octanol–water partition coefficient (Wildman–Crippen LogP) is 1.98. The van der Waals surface area contributed by atoms with E-state index in [1.54, 1.807) is 0 Å². The molecule has 1 atom stereocenters. The van der Waals surface area contributed by atoms with Crippen molar-refractivity contribution in [2.24, 2.45) is 0 Å². The molecule has 1 unspecified atom stereocenters. The van der Waals surface area contributed by atoms with E-state index in [9.17, 15) is 0 Å². The molecule has 0 radical (unpaired) electrons. The summed E-state index contributed by atoms with van der Waals surface area (Å²) in [7, 11) is 0. The molecule has 0 aliphatic carbocycles. The highest BCUT2D eigenvalue weighted by molar-refractivity contribution is 5.44. The normalized spacial score (nSPS) is 19.7. The number of anilines is 1. The summed E-state index contributed by atoms with van der Waals surface area (Å²) in [6.07, 6.45) is 0.978. The third-order valence-electron chi connectivity index (χ3n) is 3.53. The van der Waals surface area contributed by atoms with Gasteiger partial charge in [-0.1, -0.05) is 13.8 Å². The molecule has 0 spiro atoms. The zero-order chi connectivity index (χ0) is 13.7. The van der Waals surface area contributed by atoms with Gasteiger partial charge in [-0.25, -0.2) is 4.98 Å². The number of hydrogen-bond donors (Lipinski definition) is 1. The van der Waals surface area contributed by atoms with Crippen LogP contribution >= 0.6 is 0 Å². The monoisotopic (exact) mass is 263 g/mol. The van der Waals surface area contributed by atoms with Crippen LogP contribution < -0.4 is 10.2 Å². The third kappa shape index (κ3) is 3.67. The van der Waals surface area contributed by atoms with Gasteiger partial charge in [0, 0.05) is 18.8 Å². The van der Waals surface area contributed by atoms with E-state index in [-0.39, 0.29) is 0 Å². The second kappa shape index (κ2) is 6.87. The van der Waals surface area contributed by atoms with E-state index in [0.717, 1.165) is 45.1 Å². The lowest BCUT2D eigenvalue weighted by molar-refractivity contribution is 0.0985. The van der Waals surface area contributed by atoms with Gasteiger partial charge in [0.05, 0.1) is 19.3 Å². The molecule has 1 aliphatic heterocycles. The van der Waals surface area contributed by atoms with Crippen molar-refractivity contribution in [1.82, 2.24) is 10.3 Å². The van der Waals surface area contributed by atoms with Gasteiger partial charge in [-0.3, -0.25) is 0 Å². The van der Waals surface area contributed by atoms with Crippen LogP contribution in [0.2, 0.25) is 0 Å². The van der Waals surface area contributed by atoms with Gasteiger partial charge >= 0.3 is 0 Å². The van der Waals surface area contributed by atoms with Crippen LogP contribution in [0.3, 0.4) is 0 Å². The molecule has 2 rings (SSSR count). The summed E-state index contributed by atoms with van der Waals surface area (Å²) < 4.78 is 5.50. The van der Waals surface area contributed by atoms with Crippen molar-refractivity contribution in [2.75, 3.05) is 31.2 Å². The maximum atomic E-state index is 5.50. The lowest BCUT2D eigenvalue weighted by atomic mass is 10.1. The minimum atomic E-state index is 0.403. The van der Waals surface area contributed by atoms with Crippen LogP contribution in [0.1, 0.15) is 32.0 Å². The second-order valence-corrected chi connectivity index (χ2v) is 5.08. The van der Waals surface area contributed by atoms with Gasteiger partial charge in [0.25, 0.3) is 0 Å². The van der Waals surface area contributed by atoms with Gasteiger partial charge in [0.1, 0.15) is 5.82 Å². The lowest BCUT2D eigenvalue weighted by Crippen LogP contribution is -2.44. The van der Waals surface area contributed by atoms with Crippen molar-refractivity contribution in [3.05, 3.63) is 23.4 Å². The van der Waals surface area contributed by atoms with E-state index >= 15 is 0 Å². The van der Waals surface area contributed by atoms with E-state index in [0.29, 0.717) is 6.04 Å². The molecule has 0 bridgehead atoms. The van der Waals surface area contributed by atoms with Gasteiger partial charge in [0.15, 0.2) is 0 Å². The molecular weight excluding hydrogens is 238 g/mol. The van der Waals surface area contributed by atoms with E-state index in [4.69, 9.17) is 9.72 Å². The minimum Gasteiger partial charge on any atom is -0.377 e. The molecule has 0 aromatic carbocycles. The Morgan fingerprint density at radius 1 is 1.42 bits per heavy atom. The molecule has 2 heterocycles. The van der Waals surface area contributed by atoms with Crippen molar-refractivity contribution < 1.29 is 4.74 Å². The first-order chi connectivity index (χ1) is 9.24. The molecule has 4 nitrogen and oxygen atoms in total. The van der Waals surface area contributed by atoms with E-state index in [1.165, 1.54) is 11.3 Å². The summed E-state index contributed by atoms with van der Waals surface area (Å²) >= 11 is 0. The van der Waals surface area contributed by atoms with Crippen LogP contribution in [0.25, 0.3) is 0 Å². The Hall–Kier alpha value is -1.13. The Morgan fingerprint density at radius 3 is 2.95 bits per heavy atom. The average molecular weight is 263 g/mol. The van der Waals surface area contributed by atoms with Gasteiger partial charge in [-0.2, -0.15) is 0 Å². The third-order valence-corrected chi connectivity index (χ3v) is 3.53. The van der Waals surface area contributed by atoms with Crippen LogP contribution in [0.5, 0.6) is 0 Å². The van der Waals surface area contributed by atoms with Crippen LogP contribution in [0, 0.1) is 0 Å². The number of nitrogens with one attached hydrogen (secondary N) is 1. The quantitative estimate of drug-likeness (QED) is 0.881. The largest absolute Gasteiger partial charge is 0.377 e. The summed E-state index contributed by atoms with van der Waals surface area (Å²) in [5, 5.41) is 3.39. The Bertz CT molecular complexity index is 408. The number of ether oxygens (including phenoxy) is 1. The molecule has 1 fully saturated rings. The summed E-state index contributed by atoms with van der Waals surface area (Å²) in [6, 6.07) is 4.82. The fraction of sp³-hybridized carbons (Fsp3) is 0.667. The maximum Gasteiger partial charge on any atom is 0.129 e. The molecule has 19 heavy (non-hydrogen) atoms. The minimum absolute atomic E-state index is 0.403. The molecule has 1 saturated heterocycles. The zero-order valence-corrected chi connectivity index (χ0v) is 12.3. The lowest BCUT2D eigenvalue weighted by Gasteiger charge is -2.34. The van der Waals surface area contributed by atoms with Crippen LogP contribution in [-0.2, 0) is 17.7 Å². The Kier molecular flexibility index (Phi) is 5.16. The summed E-state index contributed by atoms with van der Waals surface area (Å²) in [5.41, 5.74) is 2.49. The maximum absolute atomic E-state index is 5.50. The molecule has 0 amide bonds. The highest BCUT2D eigenvalue weighted by Crippen LogP contribution is 2.20. The number of morpholine rings is 1. The molecule has 1 aliphatic rings. The Morgan fingerprint density at radius 2 is 2.26 bits per heavy atom. The summed E-state index contributed by atoms with van der Waals surface area (Å²) in [5.74, 6) is 1.10. The second-order valence-electron chi connectivity index (χ2n) is 5.08. The molecular formula is C15H25N3O. The van der Waals surface area contributed by atoms with E-state index in [2.05, 4.69) is 43.1 Å². The fourth-order valence-corrected chi connectivity index (χ4v) is 2.40. The molecule has 0 saturated carbocycles. The Balaban J connectivity index is 2.22. The topological polar surface area (TPSA) is 37.4 Å². The smallest absolute Gasteiger partial charge is 0.129 e. The number of pyridine rings is 1.